The van der Waals surface area contributed by atoms with Gasteiger partial charge in [0.2, 0.25) is 0 Å². The number of hydrogen-bond acceptors (Lipinski definition) is 2. The van der Waals surface area contributed by atoms with Crippen molar-refractivity contribution in [1.82, 2.24) is 0 Å². The lowest BCUT2D eigenvalue weighted by atomic mass is 10.0. The molecule has 1 atom stereocenters. The predicted molar refractivity (Wildman–Crippen MR) is 61.2 cm³/mol. The van der Waals surface area contributed by atoms with Gasteiger partial charge in [-0.1, -0.05) is 0 Å². The van der Waals surface area contributed by atoms with E-state index in [9.17, 15) is 8.60 Å². The summed E-state index contributed by atoms with van der Waals surface area (Å²) in [5.41, 5.74) is 0. The van der Waals surface area contributed by atoms with E-state index in [0.29, 0.717) is 16.6 Å². The molecule has 1 unspecified atom stereocenters. The standard InChI is InChI=1S/C12H15FO2S/c13-11-1-3-12(4-2-11)16(14)9-10-5-7-15-8-6-10/h1-4,10H,5-9H2. The summed E-state index contributed by atoms with van der Waals surface area (Å²) in [5.74, 6) is 0.848. The van der Waals surface area contributed by atoms with Crippen molar-refractivity contribution in [1.29, 1.82) is 0 Å². The van der Waals surface area contributed by atoms with Crippen molar-refractivity contribution in [3.8, 4) is 0 Å². The maximum atomic E-state index is 12.7. The Kier molecular flexibility index (Phi) is 4.07. The zero-order chi connectivity index (χ0) is 11.4. The van der Waals surface area contributed by atoms with E-state index in [2.05, 4.69) is 0 Å². The third-order valence-electron chi connectivity index (χ3n) is 2.80. The molecule has 2 rings (SSSR count). The van der Waals surface area contributed by atoms with Gasteiger partial charge in [0.05, 0.1) is 10.8 Å². The third kappa shape index (κ3) is 3.12. The molecule has 1 aromatic rings. The second-order valence-corrected chi connectivity index (χ2v) is 5.52. The van der Waals surface area contributed by atoms with Crippen LogP contribution < -0.4 is 0 Å². The SMILES string of the molecule is O=S(CC1CCOCC1)c1ccc(F)cc1. The zero-order valence-electron chi connectivity index (χ0n) is 9.02. The van der Waals surface area contributed by atoms with Crippen molar-refractivity contribution in [3.05, 3.63) is 30.1 Å². The maximum Gasteiger partial charge on any atom is 0.123 e. The Hall–Kier alpha value is -0.740. The van der Waals surface area contributed by atoms with Crippen LogP contribution in [0.15, 0.2) is 29.2 Å². The summed E-state index contributed by atoms with van der Waals surface area (Å²) >= 11 is 0. The summed E-state index contributed by atoms with van der Waals surface area (Å²) in [7, 11) is -1.01. The summed E-state index contributed by atoms with van der Waals surface area (Å²) in [6.45, 7) is 1.54. The Morgan fingerprint density at radius 2 is 1.88 bits per heavy atom. The Morgan fingerprint density at radius 3 is 2.50 bits per heavy atom. The molecule has 0 amide bonds. The molecule has 0 aromatic heterocycles. The van der Waals surface area contributed by atoms with Gasteiger partial charge in [0.1, 0.15) is 5.82 Å². The minimum atomic E-state index is -1.01. The van der Waals surface area contributed by atoms with Crippen molar-refractivity contribution < 1.29 is 13.3 Å². The molecule has 0 saturated carbocycles. The largest absolute Gasteiger partial charge is 0.381 e. The highest BCUT2D eigenvalue weighted by atomic mass is 32.2. The zero-order valence-corrected chi connectivity index (χ0v) is 9.84. The van der Waals surface area contributed by atoms with Gasteiger partial charge in [0.15, 0.2) is 0 Å². The van der Waals surface area contributed by atoms with Crippen molar-refractivity contribution in [2.75, 3.05) is 19.0 Å². The number of ether oxygens (including phenoxy) is 1. The molecule has 1 aliphatic rings. The van der Waals surface area contributed by atoms with Crippen LogP contribution in [0.1, 0.15) is 12.8 Å². The highest BCUT2D eigenvalue weighted by molar-refractivity contribution is 7.85. The first-order valence-corrected chi connectivity index (χ1v) is 6.79. The molecule has 0 spiro atoms. The predicted octanol–water partition coefficient (Wildman–Crippen LogP) is 2.36. The quantitative estimate of drug-likeness (QED) is 0.813. The fraction of sp³-hybridized carbons (Fsp3) is 0.500. The van der Waals surface area contributed by atoms with E-state index in [1.165, 1.54) is 12.1 Å². The molecular formula is C12H15FO2S. The lowest BCUT2D eigenvalue weighted by molar-refractivity contribution is 0.0725. The Labute approximate surface area is 97.3 Å². The van der Waals surface area contributed by atoms with Gasteiger partial charge < -0.3 is 4.74 Å². The van der Waals surface area contributed by atoms with Crippen LogP contribution in [0.4, 0.5) is 4.39 Å². The number of halogens is 1. The second kappa shape index (κ2) is 5.55. The van der Waals surface area contributed by atoms with Gasteiger partial charge in [-0.05, 0) is 43.0 Å². The van der Waals surface area contributed by atoms with Crippen LogP contribution in [-0.4, -0.2) is 23.2 Å². The first-order valence-electron chi connectivity index (χ1n) is 5.47. The maximum absolute atomic E-state index is 12.7. The summed E-state index contributed by atoms with van der Waals surface area (Å²) in [5, 5.41) is 0. The molecule has 0 N–H and O–H groups in total. The van der Waals surface area contributed by atoms with E-state index in [1.54, 1.807) is 12.1 Å². The normalized spacial score (nSPS) is 19.6. The van der Waals surface area contributed by atoms with Crippen LogP contribution in [-0.2, 0) is 15.5 Å². The molecule has 4 heteroatoms. The first-order chi connectivity index (χ1) is 7.75. The summed E-state index contributed by atoms with van der Waals surface area (Å²) in [6, 6.07) is 5.92. The van der Waals surface area contributed by atoms with Crippen molar-refractivity contribution in [2.24, 2.45) is 5.92 Å². The molecule has 0 bridgehead atoms. The van der Waals surface area contributed by atoms with Crippen molar-refractivity contribution in [3.63, 3.8) is 0 Å². The van der Waals surface area contributed by atoms with Crippen molar-refractivity contribution >= 4 is 10.8 Å². The summed E-state index contributed by atoms with van der Waals surface area (Å²) in [4.78, 5) is 0.716. The molecule has 2 nitrogen and oxygen atoms in total. The van der Waals surface area contributed by atoms with Crippen LogP contribution in [0, 0.1) is 11.7 Å². The molecular weight excluding hydrogens is 227 g/mol. The van der Waals surface area contributed by atoms with Gasteiger partial charge in [-0.2, -0.15) is 0 Å². The molecule has 0 aliphatic carbocycles. The summed E-state index contributed by atoms with van der Waals surface area (Å²) < 4.78 is 29.9. The van der Waals surface area contributed by atoms with Gasteiger partial charge in [-0.15, -0.1) is 0 Å². The van der Waals surface area contributed by atoms with E-state index in [0.717, 1.165) is 26.1 Å². The lowest BCUT2D eigenvalue weighted by Gasteiger charge is -2.21. The van der Waals surface area contributed by atoms with Gasteiger partial charge in [0, 0.05) is 23.9 Å². The molecule has 1 aliphatic heterocycles. The molecule has 1 saturated heterocycles. The fourth-order valence-corrected chi connectivity index (χ4v) is 3.20. The lowest BCUT2D eigenvalue weighted by Crippen LogP contribution is -2.21. The monoisotopic (exact) mass is 242 g/mol. The number of hydrogen-bond donors (Lipinski definition) is 0. The third-order valence-corrected chi connectivity index (χ3v) is 4.38. The molecule has 0 radical (unpaired) electrons. The van der Waals surface area contributed by atoms with Gasteiger partial charge >= 0.3 is 0 Å². The highest BCUT2D eigenvalue weighted by Crippen LogP contribution is 2.19. The average molecular weight is 242 g/mol. The first kappa shape index (κ1) is 11.7. The van der Waals surface area contributed by atoms with E-state index in [-0.39, 0.29) is 5.82 Å². The van der Waals surface area contributed by atoms with E-state index in [1.807, 2.05) is 0 Å². The average Bonchev–Trinajstić information content (AvgIpc) is 2.31. The molecule has 16 heavy (non-hydrogen) atoms. The molecule has 88 valence electrons. The minimum Gasteiger partial charge on any atom is -0.381 e. The van der Waals surface area contributed by atoms with Crippen LogP contribution in [0.3, 0.4) is 0 Å². The Bertz CT molecular complexity index is 358. The molecule has 1 fully saturated rings. The van der Waals surface area contributed by atoms with E-state index in [4.69, 9.17) is 4.74 Å². The molecule has 1 heterocycles. The highest BCUT2D eigenvalue weighted by Gasteiger charge is 2.17. The van der Waals surface area contributed by atoms with Gasteiger partial charge in [0.25, 0.3) is 0 Å². The van der Waals surface area contributed by atoms with Crippen LogP contribution in [0.25, 0.3) is 0 Å². The van der Waals surface area contributed by atoms with Gasteiger partial charge in [-0.3, -0.25) is 4.21 Å². The van der Waals surface area contributed by atoms with E-state index < -0.39 is 10.8 Å². The van der Waals surface area contributed by atoms with Gasteiger partial charge in [-0.25, -0.2) is 4.39 Å². The second-order valence-electron chi connectivity index (χ2n) is 4.02. The number of benzene rings is 1. The topological polar surface area (TPSA) is 26.3 Å². The fourth-order valence-electron chi connectivity index (χ4n) is 1.81. The smallest absolute Gasteiger partial charge is 0.123 e. The Balaban J connectivity index is 1.94. The molecule has 1 aromatic carbocycles. The minimum absolute atomic E-state index is 0.285. The summed E-state index contributed by atoms with van der Waals surface area (Å²) in [6.07, 6.45) is 1.96. The van der Waals surface area contributed by atoms with Crippen molar-refractivity contribution in [2.45, 2.75) is 17.7 Å². The van der Waals surface area contributed by atoms with Crippen LogP contribution >= 0.6 is 0 Å². The van der Waals surface area contributed by atoms with Crippen LogP contribution in [0.5, 0.6) is 0 Å². The van der Waals surface area contributed by atoms with E-state index >= 15 is 0 Å². The number of rotatable bonds is 3. The van der Waals surface area contributed by atoms with Crippen LogP contribution in [0.2, 0.25) is 0 Å². The Morgan fingerprint density at radius 1 is 1.25 bits per heavy atom.